The van der Waals surface area contributed by atoms with Crippen molar-refractivity contribution >= 4 is 0 Å². The molecular weight excluding hydrogens is 205 g/mol. The summed E-state index contributed by atoms with van der Waals surface area (Å²) in [7, 11) is 0. The molecule has 0 amide bonds. The minimum Gasteiger partial charge on any atom is -0.313 e. The van der Waals surface area contributed by atoms with E-state index >= 15 is 0 Å². The predicted octanol–water partition coefficient (Wildman–Crippen LogP) is 2.60. The summed E-state index contributed by atoms with van der Waals surface area (Å²) in [5.74, 6) is 0. The molecule has 0 aliphatic rings. The predicted molar refractivity (Wildman–Crippen MR) is 51.2 cm³/mol. The fourth-order valence-electron chi connectivity index (χ4n) is 1.24. The average Bonchev–Trinajstić information content (AvgIpc) is 2.17. The molecule has 0 aliphatic heterocycles. The second kappa shape index (κ2) is 5.11. The number of nitrogens with one attached hydrogen (secondary N) is 1. The first-order valence-corrected chi connectivity index (χ1v) is 4.76. The number of hydrogen-bond acceptors (Lipinski definition) is 2. The van der Waals surface area contributed by atoms with Gasteiger partial charge in [-0.2, -0.15) is 13.2 Å². The van der Waals surface area contributed by atoms with E-state index in [0.717, 1.165) is 18.7 Å². The maximum absolute atomic E-state index is 12.5. The van der Waals surface area contributed by atoms with Crippen LogP contribution in [0.4, 0.5) is 13.2 Å². The average molecular weight is 218 g/mol. The van der Waals surface area contributed by atoms with E-state index in [0.29, 0.717) is 6.54 Å². The normalized spacial score (nSPS) is 11.7. The van der Waals surface area contributed by atoms with Crippen LogP contribution in [0, 0.1) is 0 Å². The van der Waals surface area contributed by atoms with E-state index in [-0.39, 0.29) is 12.1 Å². The van der Waals surface area contributed by atoms with Crippen molar-refractivity contribution in [3.63, 3.8) is 0 Å². The van der Waals surface area contributed by atoms with Gasteiger partial charge in [-0.25, -0.2) is 0 Å². The van der Waals surface area contributed by atoms with Crippen LogP contribution in [0.3, 0.4) is 0 Å². The van der Waals surface area contributed by atoms with Crippen LogP contribution in [0.2, 0.25) is 0 Å². The Morgan fingerprint density at radius 2 is 2.13 bits per heavy atom. The molecule has 0 spiro atoms. The van der Waals surface area contributed by atoms with Gasteiger partial charge >= 0.3 is 6.18 Å². The molecule has 0 aliphatic carbocycles. The zero-order valence-electron chi connectivity index (χ0n) is 8.43. The second-order valence-electron chi connectivity index (χ2n) is 3.21. The topological polar surface area (TPSA) is 24.9 Å². The van der Waals surface area contributed by atoms with Crippen molar-refractivity contribution in [1.82, 2.24) is 10.3 Å². The van der Waals surface area contributed by atoms with Crippen molar-refractivity contribution in [3.8, 4) is 0 Å². The summed E-state index contributed by atoms with van der Waals surface area (Å²) in [5, 5.41) is 2.92. The van der Waals surface area contributed by atoms with Crippen molar-refractivity contribution in [3.05, 3.63) is 29.6 Å². The van der Waals surface area contributed by atoms with Gasteiger partial charge in [0.05, 0.1) is 5.56 Å². The lowest BCUT2D eigenvalue weighted by Crippen LogP contribution is -2.18. The fraction of sp³-hybridized carbons (Fsp3) is 0.500. The number of halogens is 3. The van der Waals surface area contributed by atoms with E-state index in [9.17, 15) is 13.2 Å². The minimum absolute atomic E-state index is 0.193. The lowest BCUT2D eigenvalue weighted by atomic mass is 10.1. The third-order valence-corrected chi connectivity index (χ3v) is 1.95. The maximum Gasteiger partial charge on any atom is 0.416 e. The summed E-state index contributed by atoms with van der Waals surface area (Å²) in [6.07, 6.45) is -0.995. The van der Waals surface area contributed by atoms with Gasteiger partial charge in [-0.15, -0.1) is 0 Å². The lowest BCUT2D eigenvalue weighted by Gasteiger charge is -2.12. The van der Waals surface area contributed by atoms with Gasteiger partial charge in [0.1, 0.15) is 0 Å². The lowest BCUT2D eigenvalue weighted by molar-refractivity contribution is -0.138. The van der Waals surface area contributed by atoms with Crippen LogP contribution in [0.15, 0.2) is 18.5 Å². The molecule has 84 valence electrons. The first-order chi connectivity index (χ1) is 7.05. The first-order valence-electron chi connectivity index (χ1n) is 4.76. The molecule has 0 radical (unpaired) electrons. The van der Waals surface area contributed by atoms with E-state index in [1.807, 2.05) is 6.92 Å². The Morgan fingerprint density at radius 1 is 1.40 bits per heavy atom. The van der Waals surface area contributed by atoms with E-state index in [1.165, 1.54) is 6.20 Å². The zero-order valence-corrected chi connectivity index (χ0v) is 8.43. The van der Waals surface area contributed by atoms with E-state index < -0.39 is 11.7 Å². The third kappa shape index (κ3) is 3.51. The Bertz CT molecular complexity index is 310. The number of hydrogen-bond donors (Lipinski definition) is 1. The second-order valence-corrected chi connectivity index (χ2v) is 3.21. The van der Waals surface area contributed by atoms with Crippen LogP contribution in [0.25, 0.3) is 0 Å². The molecule has 15 heavy (non-hydrogen) atoms. The van der Waals surface area contributed by atoms with Crippen molar-refractivity contribution in [2.24, 2.45) is 0 Å². The quantitative estimate of drug-likeness (QED) is 0.786. The van der Waals surface area contributed by atoms with Crippen molar-refractivity contribution in [1.29, 1.82) is 0 Å². The summed E-state index contributed by atoms with van der Waals surface area (Å²) in [5.41, 5.74) is -0.417. The molecule has 0 bridgehead atoms. The summed E-state index contributed by atoms with van der Waals surface area (Å²) >= 11 is 0. The molecular formula is C10H13F3N2. The van der Waals surface area contributed by atoms with E-state index in [2.05, 4.69) is 10.3 Å². The SMILES string of the molecule is CCCNCc1cnccc1C(F)(F)F. The van der Waals surface area contributed by atoms with Gasteiger partial charge in [0.25, 0.3) is 0 Å². The number of pyridine rings is 1. The van der Waals surface area contributed by atoms with Crippen LogP contribution < -0.4 is 5.32 Å². The fourth-order valence-corrected chi connectivity index (χ4v) is 1.24. The van der Waals surface area contributed by atoms with Gasteiger partial charge in [0.15, 0.2) is 0 Å². The summed E-state index contributed by atoms with van der Waals surface area (Å²) in [6.45, 7) is 2.86. The smallest absolute Gasteiger partial charge is 0.313 e. The largest absolute Gasteiger partial charge is 0.416 e. The number of nitrogens with zero attached hydrogens (tertiary/aromatic N) is 1. The molecule has 1 aromatic rings. The van der Waals surface area contributed by atoms with Crippen LogP contribution >= 0.6 is 0 Å². The molecule has 0 saturated carbocycles. The van der Waals surface area contributed by atoms with Gasteiger partial charge in [-0.3, -0.25) is 4.98 Å². The molecule has 1 aromatic heterocycles. The molecule has 0 saturated heterocycles. The highest BCUT2D eigenvalue weighted by Crippen LogP contribution is 2.31. The summed E-state index contributed by atoms with van der Waals surface area (Å²) in [4.78, 5) is 3.70. The molecule has 0 atom stereocenters. The molecule has 5 heteroatoms. The number of rotatable bonds is 4. The van der Waals surface area contributed by atoms with Gasteiger partial charge in [0, 0.05) is 18.9 Å². The minimum atomic E-state index is -4.30. The van der Waals surface area contributed by atoms with Gasteiger partial charge in [0.2, 0.25) is 0 Å². The van der Waals surface area contributed by atoms with E-state index in [4.69, 9.17) is 0 Å². The Kier molecular flexibility index (Phi) is 4.08. The molecule has 2 nitrogen and oxygen atoms in total. The Hall–Kier alpha value is -1.10. The van der Waals surface area contributed by atoms with Gasteiger partial charge in [-0.05, 0) is 24.6 Å². The molecule has 1 rings (SSSR count). The molecule has 0 fully saturated rings. The molecule has 1 N–H and O–H groups in total. The Morgan fingerprint density at radius 3 is 2.73 bits per heavy atom. The van der Waals surface area contributed by atoms with Crippen molar-refractivity contribution in [2.75, 3.05) is 6.54 Å². The van der Waals surface area contributed by atoms with Crippen LogP contribution in [0.5, 0.6) is 0 Å². The maximum atomic E-state index is 12.5. The van der Waals surface area contributed by atoms with Crippen LogP contribution in [0.1, 0.15) is 24.5 Å². The summed E-state index contributed by atoms with van der Waals surface area (Å²) in [6, 6.07) is 1.00. The standard InChI is InChI=1S/C10H13F3N2/c1-2-4-14-6-8-7-15-5-3-9(8)10(11,12)13/h3,5,7,14H,2,4,6H2,1H3. The molecule has 1 heterocycles. The van der Waals surface area contributed by atoms with Gasteiger partial charge < -0.3 is 5.32 Å². The van der Waals surface area contributed by atoms with Crippen LogP contribution in [-0.4, -0.2) is 11.5 Å². The van der Waals surface area contributed by atoms with Crippen LogP contribution in [-0.2, 0) is 12.7 Å². The van der Waals surface area contributed by atoms with Gasteiger partial charge in [-0.1, -0.05) is 6.92 Å². The molecule has 0 aromatic carbocycles. The number of alkyl halides is 3. The number of aromatic nitrogens is 1. The first kappa shape index (κ1) is 12.0. The Balaban J connectivity index is 2.78. The van der Waals surface area contributed by atoms with E-state index in [1.54, 1.807) is 0 Å². The summed E-state index contributed by atoms with van der Waals surface area (Å²) < 4.78 is 37.5. The van der Waals surface area contributed by atoms with Crippen molar-refractivity contribution in [2.45, 2.75) is 26.1 Å². The highest BCUT2D eigenvalue weighted by molar-refractivity contribution is 5.25. The van der Waals surface area contributed by atoms with Crippen molar-refractivity contribution < 1.29 is 13.2 Å². The zero-order chi connectivity index (χ0) is 11.3. The third-order valence-electron chi connectivity index (χ3n) is 1.95. The molecule has 0 unspecified atom stereocenters. The highest BCUT2D eigenvalue weighted by Gasteiger charge is 2.32. The highest BCUT2D eigenvalue weighted by atomic mass is 19.4. The Labute approximate surface area is 86.5 Å². The monoisotopic (exact) mass is 218 g/mol.